The third kappa shape index (κ3) is 2.30. The van der Waals surface area contributed by atoms with E-state index in [2.05, 4.69) is 5.32 Å². The second kappa shape index (κ2) is 4.81. The van der Waals surface area contributed by atoms with Crippen LogP contribution in [0.5, 0.6) is 0 Å². The first-order valence-corrected chi connectivity index (χ1v) is 5.47. The van der Waals surface area contributed by atoms with Crippen LogP contribution in [-0.2, 0) is 16.1 Å². The Hall–Kier alpha value is -1.46. The molecule has 1 amide bonds. The number of benzene rings is 1. The van der Waals surface area contributed by atoms with Crippen LogP contribution in [-0.4, -0.2) is 25.7 Å². The molecule has 17 heavy (non-hydrogen) atoms. The average Bonchev–Trinajstić information content (AvgIpc) is 2.27. The van der Waals surface area contributed by atoms with Crippen LogP contribution in [0.4, 0.5) is 4.39 Å². The van der Waals surface area contributed by atoms with Gasteiger partial charge in [-0.2, -0.15) is 0 Å². The molecule has 1 aliphatic rings. The standard InChI is InChI=1S/C12H15FN2O2/c13-10-4-2-1-3-9(10)5-15-11(16)12(6-14)7-17-8-12/h1-4H,5-8,14H2,(H,15,16). The van der Waals surface area contributed by atoms with Gasteiger partial charge in [0.1, 0.15) is 11.2 Å². The van der Waals surface area contributed by atoms with Gasteiger partial charge < -0.3 is 15.8 Å². The van der Waals surface area contributed by atoms with E-state index < -0.39 is 5.41 Å². The third-order valence-electron chi connectivity index (χ3n) is 3.03. The monoisotopic (exact) mass is 238 g/mol. The zero-order chi connectivity index (χ0) is 12.3. The molecule has 0 spiro atoms. The number of hydrogen-bond acceptors (Lipinski definition) is 3. The molecule has 0 bridgehead atoms. The minimum atomic E-state index is -0.620. The van der Waals surface area contributed by atoms with Gasteiger partial charge >= 0.3 is 0 Å². The number of amides is 1. The highest BCUT2D eigenvalue weighted by Gasteiger charge is 2.44. The third-order valence-corrected chi connectivity index (χ3v) is 3.03. The molecule has 0 aliphatic carbocycles. The van der Waals surface area contributed by atoms with Crippen molar-refractivity contribution in [2.45, 2.75) is 6.54 Å². The fourth-order valence-corrected chi connectivity index (χ4v) is 1.69. The Labute approximate surface area is 98.9 Å². The van der Waals surface area contributed by atoms with Gasteiger partial charge in [0, 0.05) is 18.7 Å². The molecule has 1 aliphatic heterocycles. The summed E-state index contributed by atoms with van der Waals surface area (Å²) in [5.41, 5.74) is 5.40. The predicted molar refractivity (Wildman–Crippen MR) is 60.6 cm³/mol. The van der Waals surface area contributed by atoms with Crippen molar-refractivity contribution in [2.24, 2.45) is 11.1 Å². The highest BCUT2D eigenvalue weighted by atomic mass is 19.1. The summed E-state index contributed by atoms with van der Waals surface area (Å²) in [6.07, 6.45) is 0. The lowest BCUT2D eigenvalue weighted by Crippen LogP contribution is -2.58. The van der Waals surface area contributed by atoms with E-state index in [0.29, 0.717) is 18.8 Å². The van der Waals surface area contributed by atoms with Gasteiger partial charge in [-0.05, 0) is 6.07 Å². The van der Waals surface area contributed by atoms with Crippen molar-refractivity contribution < 1.29 is 13.9 Å². The van der Waals surface area contributed by atoms with Crippen molar-refractivity contribution >= 4 is 5.91 Å². The van der Waals surface area contributed by atoms with E-state index in [1.807, 2.05) is 0 Å². The van der Waals surface area contributed by atoms with Gasteiger partial charge in [-0.25, -0.2) is 4.39 Å². The van der Waals surface area contributed by atoms with Crippen molar-refractivity contribution in [1.82, 2.24) is 5.32 Å². The maximum Gasteiger partial charge on any atom is 0.232 e. The van der Waals surface area contributed by atoms with Gasteiger partial charge in [0.05, 0.1) is 13.2 Å². The first-order valence-electron chi connectivity index (χ1n) is 5.47. The highest BCUT2D eigenvalue weighted by Crippen LogP contribution is 2.26. The Balaban J connectivity index is 1.95. The Kier molecular flexibility index (Phi) is 3.40. The number of hydrogen-bond donors (Lipinski definition) is 2. The summed E-state index contributed by atoms with van der Waals surface area (Å²) in [5.74, 6) is -0.492. The molecule has 0 atom stereocenters. The molecule has 4 nitrogen and oxygen atoms in total. The van der Waals surface area contributed by atoms with Gasteiger partial charge in [0.25, 0.3) is 0 Å². The summed E-state index contributed by atoms with van der Waals surface area (Å²) in [6, 6.07) is 6.35. The van der Waals surface area contributed by atoms with Crippen molar-refractivity contribution in [2.75, 3.05) is 19.8 Å². The number of nitrogens with one attached hydrogen (secondary N) is 1. The van der Waals surface area contributed by atoms with E-state index in [-0.39, 0.29) is 24.8 Å². The molecule has 1 aromatic carbocycles. The minimum absolute atomic E-state index is 0.172. The molecule has 1 saturated heterocycles. The van der Waals surface area contributed by atoms with Gasteiger partial charge in [0.2, 0.25) is 5.91 Å². The normalized spacial score (nSPS) is 17.3. The van der Waals surface area contributed by atoms with Crippen LogP contribution in [0.1, 0.15) is 5.56 Å². The number of nitrogens with two attached hydrogens (primary N) is 1. The van der Waals surface area contributed by atoms with Gasteiger partial charge in [-0.1, -0.05) is 18.2 Å². The fraction of sp³-hybridized carbons (Fsp3) is 0.417. The zero-order valence-corrected chi connectivity index (χ0v) is 9.41. The first-order chi connectivity index (χ1) is 8.18. The first kappa shape index (κ1) is 12.0. The second-order valence-electron chi connectivity index (χ2n) is 4.25. The van der Waals surface area contributed by atoms with Crippen molar-refractivity contribution in [3.8, 4) is 0 Å². The maximum absolute atomic E-state index is 13.3. The van der Waals surface area contributed by atoms with E-state index in [1.54, 1.807) is 18.2 Å². The van der Waals surface area contributed by atoms with E-state index in [4.69, 9.17) is 10.5 Å². The van der Waals surface area contributed by atoms with Gasteiger partial charge in [-0.15, -0.1) is 0 Å². The van der Waals surface area contributed by atoms with Gasteiger partial charge in [0.15, 0.2) is 0 Å². The number of rotatable bonds is 4. The Morgan fingerprint density at radius 2 is 2.18 bits per heavy atom. The van der Waals surface area contributed by atoms with E-state index in [0.717, 1.165) is 0 Å². The Morgan fingerprint density at radius 1 is 1.47 bits per heavy atom. The predicted octanol–water partition coefficient (Wildman–Crippen LogP) is 0.417. The van der Waals surface area contributed by atoms with Crippen LogP contribution in [0.25, 0.3) is 0 Å². The molecule has 1 aromatic rings. The molecule has 0 radical (unpaired) electrons. The molecular formula is C12H15FN2O2. The van der Waals surface area contributed by atoms with Crippen molar-refractivity contribution in [3.05, 3.63) is 35.6 Å². The van der Waals surface area contributed by atoms with Gasteiger partial charge in [-0.3, -0.25) is 4.79 Å². The fourth-order valence-electron chi connectivity index (χ4n) is 1.69. The molecule has 0 aromatic heterocycles. The quantitative estimate of drug-likeness (QED) is 0.799. The van der Waals surface area contributed by atoms with Crippen molar-refractivity contribution in [3.63, 3.8) is 0 Å². The van der Waals surface area contributed by atoms with Crippen LogP contribution in [0.15, 0.2) is 24.3 Å². The molecule has 3 N–H and O–H groups in total. The molecule has 2 rings (SSSR count). The molecule has 1 fully saturated rings. The maximum atomic E-state index is 13.3. The van der Waals surface area contributed by atoms with E-state index in [1.165, 1.54) is 6.07 Å². The van der Waals surface area contributed by atoms with Crippen molar-refractivity contribution in [1.29, 1.82) is 0 Å². The topological polar surface area (TPSA) is 64.4 Å². The molecule has 5 heteroatoms. The molecule has 0 saturated carbocycles. The van der Waals surface area contributed by atoms with Crippen LogP contribution in [0, 0.1) is 11.2 Å². The second-order valence-corrected chi connectivity index (χ2v) is 4.25. The van der Waals surface area contributed by atoms with Crippen LogP contribution in [0.2, 0.25) is 0 Å². The number of carbonyl (C=O) groups excluding carboxylic acids is 1. The van der Waals surface area contributed by atoms with E-state index >= 15 is 0 Å². The lowest BCUT2D eigenvalue weighted by atomic mass is 9.85. The number of carbonyl (C=O) groups is 1. The average molecular weight is 238 g/mol. The SMILES string of the molecule is NCC1(C(=O)NCc2ccccc2F)COC1. The van der Waals surface area contributed by atoms with Crippen LogP contribution >= 0.6 is 0 Å². The minimum Gasteiger partial charge on any atom is -0.379 e. The number of ether oxygens (including phenoxy) is 1. The zero-order valence-electron chi connectivity index (χ0n) is 9.41. The summed E-state index contributed by atoms with van der Waals surface area (Å²) in [5, 5.41) is 2.69. The van der Waals surface area contributed by atoms with Crippen LogP contribution in [0.3, 0.4) is 0 Å². The number of halogens is 1. The smallest absolute Gasteiger partial charge is 0.232 e. The lowest BCUT2D eigenvalue weighted by molar-refractivity contribution is -0.159. The molecular weight excluding hydrogens is 223 g/mol. The summed E-state index contributed by atoms with van der Waals surface area (Å²) in [4.78, 5) is 11.9. The summed E-state index contributed by atoms with van der Waals surface area (Å²) in [6.45, 7) is 1.10. The Morgan fingerprint density at radius 3 is 2.71 bits per heavy atom. The summed E-state index contributed by atoms with van der Waals surface area (Å²) < 4.78 is 18.3. The molecule has 1 heterocycles. The molecule has 92 valence electrons. The largest absolute Gasteiger partial charge is 0.379 e. The lowest BCUT2D eigenvalue weighted by Gasteiger charge is -2.38. The molecule has 0 unspecified atom stereocenters. The Bertz CT molecular complexity index is 413. The highest BCUT2D eigenvalue weighted by molar-refractivity contribution is 5.84. The summed E-state index contributed by atoms with van der Waals surface area (Å²) in [7, 11) is 0. The van der Waals surface area contributed by atoms with Crippen LogP contribution < -0.4 is 11.1 Å². The summed E-state index contributed by atoms with van der Waals surface area (Å²) >= 11 is 0. The van der Waals surface area contributed by atoms with E-state index in [9.17, 15) is 9.18 Å².